The molecule has 1 fully saturated rings. The lowest BCUT2D eigenvalue weighted by molar-refractivity contribution is -0.120. The number of hydrogen-bond donors (Lipinski definition) is 3. The zero-order valence-corrected chi connectivity index (χ0v) is 19.9. The van der Waals surface area contributed by atoms with Crippen molar-refractivity contribution in [1.82, 2.24) is 19.6 Å². The zero-order chi connectivity index (χ0) is 24.2. The van der Waals surface area contributed by atoms with Crippen LogP contribution in [0.3, 0.4) is 0 Å². The van der Waals surface area contributed by atoms with Crippen molar-refractivity contribution in [2.75, 3.05) is 25.0 Å². The number of anilines is 1. The van der Waals surface area contributed by atoms with Crippen molar-refractivity contribution in [3.05, 3.63) is 65.6 Å². The molecule has 1 saturated carbocycles. The van der Waals surface area contributed by atoms with E-state index in [2.05, 4.69) is 38.7 Å². The van der Waals surface area contributed by atoms with Crippen LogP contribution in [0.1, 0.15) is 53.7 Å². The van der Waals surface area contributed by atoms with Crippen LogP contribution in [0.2, 0.25) is 0 Å². The topological polar surface area (TPSA) is 99.0 Å². The highest BCUT2D eigenvalue weighted by Gasteiger charge is 2.22. The van der Waals surface area contributed by atoms with Crippen molar-refractivity contribution in [2.45, 2.75) is 51.2 Å². The fourth-order valence-corrected chi connectivity index (χ4v) is 5.16. The highest BCUT2D eigenvalue weighted by atomic mass is 16.3. The summed E-state index contributed by atoms with van der Waals surface area (Å²) in [4.78, 5) is 31.8. The third-order valence-corrected chi connectivity index (χ3v) is 7.10. The summed E-state index contributed by atoms with van der Waals surface area (Å²) in [7, 11) is 0. The average Bonchev–Trinajstić information content (AvgIpc) is 3.31. The van der Waals surface area contributed by atoms with Crippen molar-refractivity contribution >= 4 is 23.1 Å². The van der Waals surface area contributed by atoms with Crippen molar-refractivity contribution in [3.8, 4) is 0 Å². The van der Waals surface area contributed by atoms with E-state index in [9.17, 15) is 14.7 Å². The summed E-state index contributed by atoms with van der Waals surface area (Å²) in [5.41, 5.74) is 4.26. The van der Waals surface area contributed by atoms with Crippen LogP contribution >= 0.6 is 0 Å². The average molecular weight is 476 g/mol. The number of amides is 2. The molecule has 8 nitrogen and oxygen atoms in total. The third kappa shape index (κ3) is 5.71. The largest absolute Gasteiger partial charge is 0.390 e. The van der Waals surface area contributed by atoms with Crippen molar-refractivity contribution in [2.24, 2.45) is 5.92 Å². The Labute approximate surface area is 205 Å². The molecule has 0 bridgehead atoms. The number of benzene rings is 1. The van der Waals surface area contributed by atoms with Crippen LogP contribution < -0.4 is 10.6 Å². The van der Waals surface area contributed by atoms with E-state index in [1.54, 1.807) is 22.9 Å². The van der Waals surface area contributed by atoms with E-state index in [1.807, 2.05) is 12.1 Å². The van der Waals surface area contributed by atoms with Gasteiger partial charge in [-0.05, 0) is 42.5 Å². The molecule has 0 spiro atoms. The van der Waals surface area contributed by atoms with E-state index in [0.29, 0.717) is 17.9 Å². The summed E-state index contributed by atoms with van der Waals surface area (Å²) >= 11 is 0. The fraction of sp³-hybridized carbons (Fsp3) is 0.444. The van der Waals surface area contributed by atoms with Crippen LogP contribution in [0.25, 0.3) is 5.65 Å². The van der Waals surface area contributed by atoms with Gasteiger partial charge in [0.05, 0.1) is 11.8 Å². The summed E-state index contributed by atoms with van der Waals surface area (Å²) in [6, 6.07) is 12.0. The lowest BCUT2D eigenvalue weighted by Gasteiger charge is -2.30. The molecule has 3 N–H and O–H groups in total. The van der Waals surface area contributed by atoms with Gasteiger partial charge >= 0.3 is 0 Å². The van der Waals surface area contributed by atoms with Gasteiger partial charge in [-0.3, -0.25) is 14.5 Å². The molecule has 1 aliphatic carbocycles. The van der Waals surface area contributed by atoms with E-state index < -0.39 is 6.10 Å². The molecular weight excluding hydrogens is 442 g/mol. The van der Waals surface area contributed by atoms with E-state index in [4.69, 9.17) is 0 Å². The van der Waals surface area contributed by atoms with E-state index in [-0.39, 0.29) is 30.0 Å². The van der Waals surface area contributed by atoms with Crippen LogP contribution in [-0.4, -0.2) is 56.9 Å². The molecule has 184 valence electrons. The van der Waals surface area contributed by atoms with Gasteiger partial charge in [-0.1, -0.05) is 43.5 Å². The number of carbonyl (C=O) groups excluding carboxylic acids is 2. The number of imidazole rings is 1. The number of pyridine rings is 1. The molecule has 35 heavy (non-hydrogen) atoms. The number of β-amino-alcohol motifs (C(OH)–C–C–N with tert-alkyl or cyclic N) is 1. The first-order chi connectivity index (χ1) is 17.0. The number of aromatic nitrogens is 2. The molecule has 3 heterocycles. The van der Waals surface area contributed by atoms with Crippen LogP contribution in [0, 0.1) is 5.92 Å². The number of carbonyl (C=O) groups is 2. The predicted octanol–water partition coefficient (Wildman–Crippen LogP) is 3.00. The van der Waals surface area contributed by atoms with E-state index in [0.717, 1.165) is 45.2 Å². The van der Waals surface area contributed by atoms with Gasteiger partial charge in [-0.2, -0.15) is 0 Å². The molecular formula is C27H33N5O3. The number of hydrogen-bond acceptors (Lipinski definition) is 5. The Kier molecular flexibility index (Phi) is 7.11. The molecule has 8 heteroatoms. The number of rotatable bonds is 7. The van der Waals surface area contributed by atoms with Gasteiger partial charge in [0.25, 0.3) is 5.91 Å². The van der Waals surface area contributed by atoms with Gasteiger partial charge in [0.1, 0.15) is 11.3 Å². The maximum Gasteiger partial charge on any atom is 0.271 e. The lowest BCUT2D eigenvalue weighted by atomic mass is 9.88. The predicted molar refractivity (Wildman–Crippen MR) is 134 cm³/mol. The van der Waals surface area contributed by atoms with Crippen LogP contribution in [0.5, 0.6) is 0 Å². The summed E-state index contributed by atoms with van der Waals surface area (Å²) in [5.74, 6) is -0.187. The van der Waals surface area contributed by atoms with E-state index >= 15 is 0 Å². The number of nitrogens with one attached hydrogen (secondary N) is 2. The van der Waals surface area contributed by atoms with Gasteiger partial charge in [-0.15, -0.1) is 0 Å². The van der Waals surface area contributed by atoms with Crippen molar-refractivity contribution in [1.29, 1.82) is 0 Å². The fourth-order valence-electron chi connectivity index (χ4n) is 5.16. The van der Waals surface area contributed by atoms with Gasteiger partial charge < -0.3 is 20.1 Å². The first-order valence-corrected chi connectivity index (χ1v) is 12.6. The quantitative estimate of drug-likeness (QED) is 0.488. The van der Waals surface area contributed by atoms with Crippen LogP contribution in [0.4, 0.5) is 5.69 Å². The van der Waals surface area contributed by atoms with E-state index in [1.165, 1.54) is 17.5 Å². The lowest BCUT2D eigenvalue weighted by Crippen LogP contribution is -2.42. The Hall–Kier alpha value is -3.23. The molecule has 1 aliphatic heterocycles. The van der Waals surface area contributed by atoms with Crippen LogP contribution in [-0.2, 0) is 17.8 Å². The second-order valence-electron chi connectivity index (χ2n) is 9.75. The Morgan fingerprint density at radius 2 is 1.86 bits per heavy atom. The van der Waals surface area contributed by atoms with Crippen molar-refractivity contribution in [3.63, 3.8) is 0 Å². The van der Waals surface area contributed by atoms with Crippen molar-refractivity contribution < 1.29 is 14.7 Å². The maximum atomic E-state index is 12.7. The Balaban J connectivity index is 1.13. The SMILES string of the molecule is O=C(NCC(O)CN1CCc2ccccc2C1)c1cn2cc(NC(=O)C3CCCCC3)ccc2n1. The standard InChI is InChI=1S/C27H33N5O3/c33-23(17-31-13-12-19-6-4-5-9-21(19)15-31)14-28-27(35)24-18-32-16-22(10-11-25(32)30-24)29-26(34)20-7-2-1-3-8-20/h4-6,9-11,16,18,20,23,33H,1-3,7-8,12-15,17H2,(H,28,35)(H,29,34). The summed E-state index contributed by atoms with van der Waals surface area (Å²) in [6.45, 7) is 2.37. The molecule has 3 aromatic rings. The molecule has 1 aromatic carbocycles. The minimum atomic E-state index is -0.664. The maximum absolute atomic E-state index is 12.7. The molecule has 0 saturated heterocycles. The Morgan fingerprint density at radius 3 is 2.69 bits per heavy atom. The Bertz CT molecular complexity index is 1200. The molecule has 2 amide bonds. The molecule has 2 aliphatic rings. The molecule has 0 radical (unpaired) electrons. The zero-order valence-electron chi connectivity index (χ0n) is 19.9. The normalized spacial score (nSPS) is 17.6. The number of fused-ring (bicyclic) bond motifs is 2. The van der Waals surface area contributed by atoms with Gasteiger partial charge in [0.2, 0.25) is 5.91 Å². The van der Waals surface area contributed by atoms with Gasteiger partial charge in [-0.25, -0.2) is 4.98 Å². The monoisotopic (exact) mass is 475 g/mol. The number of aliphatic hydroxyl groups excluding tert-OH is 1. The number of nitrogens with zero attached hydrogens (tertiary/aromatic N) is 3. The van der Waals surface area contributed by atoms with Gasteiger partial charge in [0, 0.05) is 44.5 Å². The van der Waals surface area contributed by atoms with Gasteiger partial charge in [0.15, 0.2) is 0 Å². The first-order valence-electron chi connectivity index (χ1n) is 12.6. The Morgan fingerprint density at radius 1 is 1.06 bits per heavy atom. The number of aliphatic hydroxyl groups is 1. The second-order valence-corrected chi connectivity index (χ2v) is 9.75. The minimum Gasteiger partial charge on any atom is -0.390 e. The third-order valence-electron chi connectivity index (χ3n) is 7.10. The summed E-state index contributed by atoms with van der Waals surface area (Å²) in [5, 5.41) is 16.3. The molecule has 5 rings (SSSR count). The molecule has 1 unspecified atom stereocenters. The van der Waals surface area contributed by atoms with Crippen LogP contribution in [0.15, 0.2) is 48.8 Å². The summed E-state index contributed by atoms with van der Waals surface area (Å²) in [6.07, 6.45) is 9.05. The second kappa shape index (κ2) is 10.6. The highest BCUT2D eigenvalue weighted by Crippen LogP contribution is 2.25. The molecule has 2 aromatic heterocycles. The first kappa shape index (κ1) is 23.5. The highest BCUT2D eigenvalue weighted by molar-refractivity contribution is 5.94. The molecule has 1 atom stereocenters. The smallest absolute Gasteiger partial charge is 0.271 e. The minimum absolute atomic E-state index is 0.0633. The summed E-state index contributed by atoms with van der Waals surface area (Å²) < 4.78 is 1.74.